The Hall–Kier alpha value is -1.42. The van der Waals surface area contributed by atoms with Crippen molar-refractivity contribution in [3.8, 4) is 0 Å². The fourth-order valence-electron chi connectivity index (χ4n) is 3.16. The van der Waals surface area contributed by atoms with Gasteiger partial charge in [0.2, 0.25) is 0 Å². The molecule has 0 bridgehead atoms. The van der Waals surface area contributed by atoms with Gasteiger partial charge in [-0.15, -0.1) is 0 Å². The summed E-state index contributed by atoms with van der Waals surface area (Å²) in [4.78, 5) is 0. The van der Waals surface area contributed by atoms with Gasteiger partial charge in [0.15, 0.2) is 4.77 Å². The lowest BCUT2D eigenvalue weighted by molar-refractivity contribution is 0.479. The van der Waals surface area contributed by atoms with Crippen LogP contribution in [-0.2, 0) is 13.0 Å². The SMILES string of the molecule is CC(C)Cn1c(C2CCCc3ccccc32)n[nH]c1=S. The molecule has 0 spiro atoms. The molecule has 20 heavy (non-hydrogen) atoms. The van der Waals surface area contributed by atoms with Gasteiger partial charge in [0, 0.05) is 12.5 Å². The average Bonchev–Trinajstić information content (AvgIpc) is 2.79. The van der Waals surface area contributed by atoms with E-state index >= 15 is 0 Å². The second kappa shape index (κ2) is 5.52. The van der Waals surface area contributed by atoms with Gasteiger partial charge in [0.05, 0.1) is 0 Å². The van der Waals surface area contributed by atoms with Crippen LogP contribution in [0.5, 0.6) is 0 Å². The van der Waals surface area contributed by atoms with Crippen LogP contribution in [0, 0.1) is 10.7 Å². The van der Waals surface area contributed by atoms with E-state index in [1.54, 1.807) is 0 Å². The number of nitrogens with one attached hydrogen (secondary N) is 1. The molecule has 0 radical (unpaired) electrons. The molecule has 1 N–H and O–H groups in total. The molecule has 3 nitrogen and oxygen atoms in total. The molecule has 0 aliphatic heterocycles. The van der Waals surface area contributed by atoms with E-state index in [9.17, 15) is 0 Å². The maximum atomic E-state index is 5.40. The van der Waals surface area contributed by atoms with Crippen molar-refractivity contribution in [1.29, 1.82) is 0 Å². The lowest BCUT2D eigenvalue weighted by atomic mass is 9.82. The van der Waals surface area contributed by atoms with E-state index in [0.29, 0.717) is 11.8 Å². The number of benzene rings is 1. The molecule has 4 heteroatoms. The van der Waals surface area contributed by atoms with Gasteiger partial charge in [-0.1, -0.05) is 38.1 Å². The fourth-order valence-corrected chi connectivity index (χ4v) is 3.37. The van der Waals surface area contributed by atoms with Crippen LogP contribution in [0.2, 0.25) is 0 Å². The first-order chi connectivity index (χ1) is 9.66. The maximum Gasteiger partial charge on any atom is 0.195 e. The fraction of sp³-hybridized carbons (Fsp3) is 0.500. The van der Waals surface area contributed by atoms with Gasteiger partial charge < -0.3 is 4.57 Å². The van der Waals surface area contributed by atoms with Crippen molar-refractivity contribution in [3.63, 3.8) is 0 Å². The average molecular weight is 287 g/mol. The third-order valence-electron chi connectivity index (χ3n) is 4.02. The van der Waals surface area contributed by atoms with Crippen molar-refractivity contribution >= 4 is 12.2 Å². The van der Waals surface area contributed by atoms with Crippen LogP contribution in [0.1, 0.15) is 49.6 Å². The Morgan fingerprint density at radius 3 is 3.00 bits per heavy atom. The van der Waals surface area contributed by atoms with Crippen molar-refractivity contribution in [3.05, 3.63) is 46.0 Å². The summed E-state index contributed by atoms with van der Waals surface area (Å²) in [7, 11) is 0. The largest absolute Gasteiger partial charge is 0.303 e. The number of H-pyrrole nitrogens is 1. The van der Waals surface area contributed by atoms with Gasteiger partial charge in [0.1, 0.15) is 5.82 Å². The summed E-state index contributed by atoms with van der Waals surface area (Å²) < 4.78 is 2.93. The molecule has 1 aliphatic rings. The Bertz CT molecular complexity index is 654. The van der Waals surface area contributed by atoms with Crippen LogP contribution in [0.15, 0.2) is 24.3 Å². The van der Waals surface area contributed by atoms with E-state index in [2.05, 4.69) is 52.9 Å². The molecule has 0 amide bonds. The normalized spacial score (nSPS) is 18.2. The Morgan fingerprint density at radius 1 is 1.40 bits per heavy atom. The van der Waals surface area contributed by atoms with E-state index in [1.807, 2.05) is 0 Å². The van der Waals surface area contributed by atoms with Crippen molar-refractivity contribution in [2.45, 2.75) is 45.6 Å². The topological polar surface area (TPSA) is 33.6 Å². The van der Waals surface area contributed by atoms with Gasteiger partial charge in [-0.25, -0.2) is 0 Å². The Morgan fingerprint density at radius 2 is 2.20 bits per heavy atom. The third-order valence-corrected chi connectivity index (χ3v) is 4.33. The van der Waals surface area contributed by atoms with E-state index in [0.717, 1.165) is 23.6 Å². The summed E-state index contributed by atoms with van der Waals surface area (Å²) in [6.07, 6.45) is 3.57. The quantitative estimate of drug-likeness (QED) is 0.864. The first-order valence-corrected chi connectivity index (χ1v) is 7.80. The number of hydrogen-bond acceptors (Lipinski definition) is 2. The van der Waals surface area contributed by atoms with E-state index in [4.69, 9.17) is 12.2 Å². The molecule has 1 heterocycles. The number of nitrogens with zero attached hydrogens (tertiary/aromatic N) is 2. The second-order valence-electron chi connectivity index (χ2n) is 6.04. The lowest BCUT2D eigenvalue weighted by Crippen LogP contribution is -2.17. The van der Waals surface area contributed by atoms with Crippen molar-refractivity contribution in [2.75, 3.05) is 0 Å². The smallest absolute Gasteiger partial charge is 0.195 e. The minimum Gasteiger partial charge on any atom is -0.303 e. The number of rotatable bonds is 3. The first kappa shape index (κ1) is 13.6. The molecule has 0 saturated carbocycles. The summed E-state index contributed by atoms with van der Waals surface area (Å²) >= 11 is 5.40. The van der Waals surface area contributed by atoms with Crippen molar-refractivity contribution in [2.24, 2.45) is 5.92 Å². The molecule has 1 aromatic heterocycles. The third kappa shape index (κ3) is 2.44. The summed E-state index contributed by atoms with van der Waals surface area (Å²) in [6.45, 7) is 5.37. The molecular weight excluding hydrogens is 266 g/mol. The molecule has 0 fully saturated rings. The highest BCUT2D eigenvalue weighted by molar-refractivity contribution is 7.71. The molecule has 0 saturated heterocycles. The highest BCUT2D eigenvalue weighted by atomic mass is 32.1. The predicted molar refractivity (Wildman–Crippen MR) is 83.5 cm³/mol. The van der Waals surface area contributed by atoms with Crippen LogP contribution >= 0.6 is 12.2 Å². The predicted octanol–water partition coefficient (Wildman–Crippen LogP) is 4.06. The summed E-state index contributed by atoms with van der Waals surface area (Å²) in [5, 5.41) is 7.52. The first-order valence-electron chi connectivity index (χ1n) is 7.39. The highest BCUT2D eigenvalue weighted by Crippen LogP contribution is 2.35. The Balaban J connectivity index is 2.05. The zero-order chi connectivity index (χ0) is 14.1. The van der Waals surface area contributed by atoms with Gasteiger partial charge in [-0.2, -0.15) is 5.10 Å². The summed E-state index contributed by atoms with van der Waals surface area (Å²) in [5.41, 5.74) is 2.89. The Labute approximate surface area is 125 Å². The van der Waals surface area contributed by atoms with Gasteiger partial charge >= 0.3 is 0 Å². The Kier molecular flexibility index (Phi) is 3.74. The van der Waals surface area contributed by atoms with Crippen LogP contribution < -0.4 is 0 Å². The molecule has 1 atom stereocenters. The summed E-state index contributed by atoms with van der Waals surface area (Å²) in [6, 6.07) is 8.75. The van der Waals surface area contributed by atoms with Gasteiger partial charge in [-0.3, -0.25) is 5.10 Å². The monoisotopic (exact) mass is 287 g/mol. The molecule has 1 aromatic carbocycles. The van der Waals surface area contributed by atoms with E-state index < -0.39 is 0 Å². The van der Waals surface area contributed by atoms with Crippen LogP contribution in [0.3, 0.4) is 0 Å². The van der Waals surface area contributed by atoms with E-state index in [1.165, 1.54) is 24.0 Å². The minimum atomic E-state index is 0.381. The van der Waals surface area contributed by atoms with Crippen LogP contribution in [-0.4, -0.2) is 14.8 Å². The molecule has 2 aromatic rings. The number of aromatic amines is 1. The standard InChI is InChI=1S/C16H21N3S/c1-11(2)10-19-15(17-18-16(19)20)14-9-5-7-12-6-3-4-8-13(12)14/h3-4,6,8,11,14H,5,7,9-10H2,1-2H3,(H,18,20). The molecule has 3 rings (SSSR count). The van der Waals surface area contributed by atoms with Crippen molar-refractivity contribution < 1.29 is 0 Å². The van der Waals surface area contributed by atoms with Crippen LogP contribution in [0.4, 0.5) is 0 Å². The van der Waals surface area contributed by atoms with Gasteiger partial charge in [0.25, 0.3) is 0 Å². The molecule has 106 valence electrons. The number of fused-ring (bicyclic) bond motifs is 1. The van der Waals surface area contributed by atoms with Gasteiger partial charge in [-0.05, 0) is 48.5 Å². The minimum absolute atomic E-state index is 0.381. The second-order valence-corrected chi connectivity index (χ2v) is 6.42. The van der Waals surface area contributed by atoms with Crippen LogP contribution in [0.25, 0.3) is 0 Å². The molecule has 1 aliphatic carbocycles. The lowest BCUT2D eigenvalue weighted by Gasteiger charge is -2.25. The molecular formula is C16H21N3S. The van der Waals surface area contributed by atoms with E-state index in [-0.39, 0.29) is 0 Å². The zero-order valence-corrected chi connectivity index (χ0v) is 12.9. The number of hydrogen-bond donors (Lipinski definition) is 1. The zero-order valence-electron chi connectivity index (χ0n) is 12.1. The summed E-state index contributed by atoms with van der Waals surface area (Å²) in [5.74, 6) is 2.05. The highest BCUT2D eigenvalue weighted by Gasteiger charge is 2.26. The van der Waals surface area contributed by atoms with Crippen molar-refractivity contribution in [1.82, 2.24) is 14.8 Å². The number of aromatic nitrogens is 3. The maximum absolute atomic E-state index is 5.40. The number of aryl methyl sites for hydroxylation is 1. The molecule has 1 unspecified atom stereocenters.